The summed E-state index contributed by atoms with van der Waals surface area (Å²) in [6.45, 7) is 4.32. The summed E-state index contributed by atoms with van der Waals surface area (Å²) in [5.74, 6) is 0.321. The van der Waals surface area contributed by atoms with Gasteiger partial charge >= 0.3 is 0 Å². The first-order valence-electron chi connectivity index (χ1n) is 5.91. The molecule has 0 aromatic heterocycles. The van der Waals surface area contributed by atoms with E-state index in [0.29, 0.717) is 12.1 Å². The second-order valence-corrected chi connectivity index (χ2v) is 7.02. The van der Waals surface area contributed by atoms with Crippen LogP contribution in [0.1, 0.15) is 18.1 Å². The molecule has 1 unspecified atom stereocenters. The first kappa shape index (κ1) is 12.9. The van der Waals surface area contributed by atoms with Crippen molar-refractivity contribution in [2.75, 3.05) is 23.0 Å². The molecule has 0 saturated carbocycles. The van der Waals surface area contributed by atoms with Gasteiger partial charge in [0, 0.05) is 12.6 Å². The summed E-state index contributed by atoms with van der Waals surface area (Å²) < 4.78 is 23.1. The molecular formula is C13H16N2O2S. The number of nitrogens with zero attached hydrogens (tertiary/aromatic N) is 2. The average molecular weight is 264 g/mol. The van der Waals surface area contributed by atoms with E-state index in [0.717, 1.165) is 11.3 Å². The smallest absolute Gasteiger partial charge is 0.154 e. The quantitative estimate of drug-likeness (QED) is 0.771. The molecule has 0 N–H and O–H groups in total. The van der Waals surface area contributed by atoms with Crippen molar-refractivity contribution in [2.24, 2.45) is 0 Å². The lowest BCUT2D eigenvalue weighted by Crippen LogP contribution is -2.47. The fourth-order valence-corrected chi connectivity index (χ4v) is 3.89. The molecule has 1 heterocycles. The fourth-order valence-electron chi connectivity index (χ4n) is 2.33. The molecular weight excluding hydrogens is 248 g/mol. The molecule has 1 atom stereocenters. The maximum absolute atomic E-state index is 11.6. The van der Waals surface area contributed by atoms with Gasteiger partial charge in [0.05, 0.1) is 22.8 Å². The van der Waals surface area contributed by atoms with E-state index in [1.54, 1.807) is 6.07 Å². The highest BCUT2D eigenvalue weighted by molar-refractivity contribution is 7.91. The Bertz CT molecular complexity index is 602. The van der Waals surface area contributed by atoms with Gasteiger partial charge in [-0.25, -0.2) is 8.42 Å². The second-order valence-electron chi connectivity index (χ2n) is 4.79. The highest BCUT2D eigenvalue weighted by Crippen LogP contribution is 2.26. The number of hydrogen-bond donors (Lipinski definition) is 0. The Hall–Kier alpha value is -1.54. The van der Waals surface area contributed by atoms with Gasteiger partial charge in [0.15, 0.2) is 9.84 Å². The van der Waals surface area contributed by atoms with Crippen molar-refractivity contribution in [3.63, 3.8) is 0 Å². The molecule has 18 heavy (non-hydrogen) atoms. The van der Waals surface area contributed by atoms with Crippen molar-refractivity contribution >= 4 is 15.5 Å². The third-order valence-corrected chi connectivity index (χ3v) is 5.05. The monoisotopic (exact) mass is 264 g/mol. The van der Waals surface area contributed by atoms with Crippen LogP contribution in [0.15, 0.2) is 18.2 Å². The first-order chi connectivity index (χ1) is 8.43. The molecule has 2 rings (SSSR count). The van der Waals surface area contributed by atoms with Crippen molar-refractivity contribution in [1.29, 1.82) is 5.26 Å². The average Bonchev–Trinajstić information content (AvgIpc) is 2.28. The number of aryl methyl sites for hydroxylation is 1. The van der Waals surface area contributed by atoms with Crippen molar-refractivity contribution in [3.05, 3.63) is 29.3 Å². The Kier molecular flexibility index (Phi) is 3.31. The third-order valence-electron chi connectivity index (χ3n) is 3.25. The van der Waals surface area contributed by atoms with Gasteiger partial charge in [-0.1, -0.05) is 6.07 Å². The van der Waals surface area contributed by atoms with Gasteiger partial charge in [-0.15, -0.1) is 0 Å². The highest BCUT2D eigenvalue weighted by atomic mass is 32.2. The minimum absolute atomic E-state index is 0.0855. The van der Waals surface area contributed by atoms with Crippen LogP contribution in [0.3, 0.4) is 0 Å². The van der Waals surface area contributed by atoms with Crippen LogP contribution in [0.5, 0.6) is 0 Å². The summed E-state index contributed by atoms with van der Waals surface area (Å²) in [6, 6.07) is 7.72. The number of rotatable bonds is 1. The molecule has 4 nitrogen and oxygen atoms in total. The number of nitriles is 1. The van der Waals surface area contributed by atoms with Crippen molar-refractivity contribution < 1.29 is 8.42 Å². The Morgan fingerprint density at radius 2 is 2.17 bits per heavy atom. The van der Waals surface area contributed by atoms with E-state index < -0.39 is 9.84 Å². The summed E-state index contributed by atoms with van der Waals surface area (Å²) in [7, 11) is -2.93. The second kappa shape index (κ2) is 4.62. The molecule has 5 heteroatoms. The molecule has 1 aromatic rings. The minimum Gasteiger partial charge on any atom is -0.366 e. The van der Waals surface area contributed by atoms with Crippen LogP contribution in [0.25, 0.3) is 0 Å². The molecule has 0 amide bonds. The van der Waals surface area contributed by atoms with Gasteiger partial charge < -0.3 is 4.90 Å². The lowest BCUT2D eigenvalue weighted by molar-refractivity contribution is 0.568. The molecule has 0 bridgehead atoms. The van der Waals surface area contributed by atoms with E-state index in [9.17, 15) is 8.42 Å². The topological polar surface area (TPSA) is 61.2 Å². The van der Waals surface area contributed by atoms with E-state index in [4.69, 9.17) is 5.26 Å². The minimum atomic E-state index is -2.93. The van der Waals surface area contributed by atoms with Crippen LogP contribution in [-0.4, -0.2) is 32.5 Å². The van der Waals surface area contributed by atoms with Gasteiger partial charge in [0.2, 0.25) is 0 Å². The van der Waals surface area contributed by atoms with Gasteiger partial charge in [0.1, 0.15) is 6.07 Å². The molecule has 0 aliphatic carbocycles. The van der Waals surface area contributed by atoms with Crippen LogP contribution in [0.2, 0.25) is 0 Å². The van der Waals surface area contributed by atoms with E-state index in [1.165, 1.54) is 0 Å². The maximum atomic E-state index is 11.6. The molecule has 96 valence electrons. The van der Waals surface area contributed by atoms with Crippen LogP contribution in [0.4, 0.5) is 5.69 Å². The predicted molar refractivity (Wildman–Crippen MR) is 71.4 cm³/mol. The lowest BCUT2D eigenvalue weighted by atomic mass is 10.1. The number of anilines is 1. The lowest BCUT2D eigenvalue weighted by Gasteiger charge is -2.35. The zero-order valence-corrected chi connectivity index (χ0v) is 11.4. The largest absolute Gasteiger partial charge is 0.366 e. The number of hydrogen-bond acceptors (Lipinski definition) is 4. The van der Waals surface area contributed by atoms with Crippen molar-refractivity contribution in [1.82, 2.24) is 0 Å². The number of sulfone groups is 1. The predicted octanol–water partition coefficient (Wildman–Crippen LogP) is 1.49. The van der Waals surface area contributed by atoms with Gasteiger partial charge in [0.25, 0.3) is 0 Å². The molecule has 1 aromatic carbocycles. The molecule has 1 saturated heterocycles. The van der Waals surface area contributed by atoms with Crippen LogP contribution in [0, 0.1) is 18.3 Å². The first-order valence-corrected chi connectivity index (χ1v) is 7.73. The van der Waals surface area contributed by atoms with E-state index in [1.807, 2.05) is 30.9 Å². The fraction of sp³-hybridized carbons (Fsp3) is 0.462. The van der Waals surface area contributed by atoms with Gasteiger partial charge in [-0.3, -0.25) is 0 Å². The Morgan fingerprint density at radius 3 is 2.78 bits per heavy atom. The zero-order chi connectivity index (χ0) is 13.3. The maximum Gasteiger partial charge on any atom is 0.154 e. The molecule has 1 fully saturated rings. The van der Waals surface area contributed by atoms with Crippen molar-refractivity contribution in [2.45, 2.75) is 19.9 Å². The van der Waals surface area contributed by atoms with E-state index >= 15 is 0 Å². The normalized spacial score (nSPS) is 22.5. The Balaban J connectivity index is 2.38. The summed E-state index contributed by atoms with van der Waals surface area (Å²) in [5, 5.41) is 9.13. The SMILES string of the molecule is Cc1ccc(C#N)c(N2CCS(=O)(=O)CC2C)c1. The van der Waals surface area contributed by atoms with Crippen molar-refractivity contribution in [3.8, 4) is 6.07 Å². The molecule has 1 aliphatic rings. The van der Waals surface area contributed by atoms with Crippen LogP contribution < -0.4 is 4.90 Å². The molecule has 1 aliphatic heterocycles. The third kappa shape index (κ3) is 2.49. The zero-order valence-electron chi connectivity index (χ0n) is 10.5. The van der Waals surface area contributed by atoms with E-state index in [2.05, 4.69) is 6.07 Å². The Morgan fingerprint density at radius 1 is 1.44 bits per heavy atom. The van der Waals surface area contributed by atoms with Crippen LogP contribution in [-0.2, 0) is 9.84 Å². The summed E-state index contributed by atoms with van der Waals surface area (Å²) in [4.78, 5) is 2.02. The van der Waals surface area contributed by atoms with Gasteiger partial charge in [-0.2, -0.15) is 5.26 Å². The number of benzene rings is 1. The standard InChI is InChI=1S/C13H16N2O2S/c1-10-3-4-12(8-14)13(7-10)15-5-6-18(16,17)9-11(15)2/h3-4,7,11H,5-6,9H2,1-2H3. The molecule has 0 spiro atoms. The summed E-state index contributed by atoms with van der Waals surface area (Å²) in [5.41, 5.74) is 2.52. The summed E-state index contributed by atoms with van der Waals surface area (Å²) in [6.07, 6.45) is 0. The highest BCUT2D eigenvalue weighted by Gasteiger charge is 2.29. The molecule has 0 radical (unpaired) electrons. The van der Waals surface area contributed by atoms with Gasteiger partial charge in [-0.05, 0) is 31.5 Å². The van der Waals surface area contributed by atoms with E-state index in [-0.39, 0.29) is 17.5 Å². The van der Waals surface area contributed by atoms with Crippen LogP contribution >= 0.6 is 0 Å². The Labute approximate surface area is 108 Å². The summed E-state index contributed by atoms with van der Waals surface area (Å²) >= 11 is 0.